The van der Waals surface area contributed by atoms with Crippen LogP contribution >= 0.6 is 0 Å². The van der Waals surface area contributed by atoms with Crippen molar-refractivity contribution in [3.05, 3.63) is 17.5 Å². The van der Waals surface area contributed by atoms with Gasteiger partial charge < -0.3 is 4.52 Å². The second kappa shape index (κ2) is 5.87. The lowest BCUT2D eigenvalue weighted by atomic mass is 9.73. The molecule has 0 amide bonds. The monoisotopic (exact) mass is 325 g/mol. The van der Waals surface area contributed by atoms with E-state index in [9.17, 15) is 26.3 Å². The quantitative estimate of drug-likeness (QED) is 0.779. The zero-order chi connectivity index (χ0) is 17.2. The zero-order valence-electron chi connectivity index (χ0n) is 11.1. The van der Waals surface area contributed by atoms with Gasteiger partial charge >= 0.3 is 12.4 Å². The van der Waals surface area contributed by atoms with Crippen LogP contribution < -0.4 is 0 Å². The number of rotatable bonds is 4. The van der Waals surface area contributed by atoms with E-state index in [1.165, 1.54) is 12.1 Å². The van der Waals surface area contributed by atoms with Gasteiger partial charge in [-0.1, -0.05) is 12.1 Å². The first-order chi connectivity index (χ1) is 9.95. The SMILES string of the molecule is CC(c1cc(C(F)(F)F)on1)C(C#N)(C#N)CCC(F)(F)F. The van der Waals surface area contributed by atoms with Gasteiger partial charge in [-0.2, -0.15) is 36.9 Å². The molecule has 1 atom stereocenters. The summed E-state index contributed by atoms with van der Waals surface area (Å²) in [5, 5.41) is 21.2. The lowest BCUT2D eigenvalue weighted by Crippen LogP contribution is -2.26. The third-order valence-electron chi connectivity index (χ3n) is 3.19. The van der Waals surface area contributed by atoms with Gasteiger partial charge in [-0.15, -0.1) is 0 Å². The van der Waals surface area contributed by atoms with Crippen LogP contribution in [0.4, 0.5) is 26.3 Å². The summed E-state index contributed by atoms with van der Waals surface area (Å²) in [6.45, 7) is 1.15. The van der Waals surface area contributed by atoms with Gasteiger partial charge in [-0.25, -0.2) is 0 Å². The number of alkyl halides is 6. The Hall–Kier alpha value is -2.23. The molecule has 0 bridgehead atoms. The summed E-state index contributed by atoms with van der Waals surface area (Å²) in [5.74, 6) is -2.74. The standard InChI is InChI=1S/C12H9F6N3O/c1-7(8-4-9(22-21-8)12(16,17)18)10(5-19,6-20)2-3-11(13,14)15/h4,7H,2-3H2,1H3. The maximum absolute atomic E-state index is 12.4. The van der Waals surface area contributed by atoms with Crippen LogP contribution in [0.2, 0.25) is 0 Å². The predicted octanol–water partition coefficient (Wildman–Crippen LogP) is 4.17. The Morgan fingerprint density at radius 3 is 2.05 bits per heavy atom. The average Bonchev–Trinajstić information content (AvgIpc) is 2.88. The van der Waals surface area contributed by atoms with E-state index in [-0.39, 0.29) is 0 Å². The molecule has 0 fully saturated rings. The highest BCUT2D eigenvalue weighted by Crippen LogP contribution is 2.42. The molecule has 1 unspecified atom stereocenters. The Balaban J connectivity index is 3.09. The van der Waals surface area contributed by atoms with Gasteiger partial charge in [0.15, 0.2) is 5.41 Å². The van der Waals surface area contributed by atoms with Crippen molar-refractivity contribution in [2.75, 3.05) is 0 Å². The number of halogens is 6. The van der Waals surface area contributed by atoms with E-state index in [2.05, 4.69) is 9.68 Å². The molecule has 0 saturated heterocycles. The second-order valence-corrected chi connectivity index (χ2v) is 4.65. The fraction of sp³-hybridized carbons (Fsp3) is 0.583. The highest BCUT2D eigenvalue weighted by atomic mass is 19.4. The summed E-state index contributed by atoms with van der Waals surface area (Å²) in [6, 6.07) is 3.39. The summed E-state index contributed by atoms with van der Waals surface area (Å²) in [7, 11) is 0. The van der Waals surface area contributed by atoms with E-state index < -0.39 is 48.0 Å². The third kappa shape index (κ3) is 3.91. The highest BCUT2D eigenvalue weighted by Gasteiger charge is 2.44. The molecule has 0 radical (unpaired) electrons. The van der Waals surface area contributed by atoms with Gasteiger partial charge in [-0.3, -0.25) is 0 Å². The maximum Gasteiger partial charge on any atom is 0.452 e. The number of hydrogen-bond acceptors (Lipinski definition) is 4. The van der Waals surface area contributed by atoms with E-state index >= 15 is 0 Å². The van der Waals surface area contributed by atoms with Gasteiger partial charge in [-0.05, 0) is 6.42 Å². The van der Waals surface area contributed by atoms with Crippen molar-refractivity contribution in [2.45, 2.75) is 38.0 Å². The summed E-state index contributed by atoms with van der Waals surface area (Å²) in [6.07, 6.45) is -11.7. The van der Waals surface area contributed by atoms with Crippen molar-refractivity contribution >= 4 is 0 Å². The fourth-order valence-corrected chi connectivity index (χ4v) is 1.76. The van der Waals surface area contributed by atoms with Crippen molar-refractivity contribution in [2.24, 2.45) is 5.41 Å². The minimum atomic E-state index is -4.82. The highest BCUT2D eigenvalue weighted by molar-refractivity contribution is 5.26. The molecule has 22 heavy (non-hydrogen) atoms. The Morgan fingerprint density at radius 2 is 1.68 bits per heavy atom. The number of hydrogen-bond donors (Lipinski definition) is 0. The van der Waals surface area contributed by atoms with E-state index in [0.717, 1.165) is 6.92 Å². The number of aromatic nitrogens is 1. The van der Waals surface area contributed by atoms with Crippen LogP contribution in [0.1, 0.15) is 37.1 Å². The first-order valence-corrected chi connectivity index (χ1v) is 5.88. The summed E-state index contributed by atoms with van der Waals surface area (Å²) >= 11 is 0. The normalized spacial score (nSPS) is 14.2. The van der Waals surface area contributed by atoms with E-state index in [4.69, 9.17) is 10.5 Å². The van der Waals surface area contributed by atoms with Gasteiger partial charge in [0.05, 0.1) is 17.8 Å². The molecule has 0 N–H and O–H groups in total. The molecule has 1 aromatic rings. The van der Waals surface area contributed by atoms with Crippen LogP contribution in [0.15, 0.2) is 10.6 Å². The topological polar surface area (TPSA) is 73.6 Å². The minimum Gasteiger partial charge on any atom is -0.351 e. The largest absolute Gasteiger partial charge is 0.452 e. The molecule has 120 valence electrons. The summed E-state index contributed by atoms with van der Waals surface area (Å²) < 4.78 is 78.2. The lowest BCUT2D eigenvalue weighted by molar-refractivity contribution is -0.155. The fourth-order valence-electron chi connectivity index (χ4n) is 1.76. The first-order valence-electron chi connectivity index (χ1n) is 5.88. The van der Waals surface area contributed by atoms with E-state index in [1.807, 2.05) is 0 Å². The van der Waals surface area contributed by atoms with E-state index in [0.29, 0.717) is 6.07 Å². The molecule has 0 spiro atoms. The van der Waals surface area contributed by atoms with Crippen LogP contribution in [-0.2, 0) is 6.18 Å². The second-order valence-electron chi connectivity index (χ2n) is 4.65. The van der Waals surface area contributed by atoms with Crippen molar-refractivity contribution in [3.8, 4) is 12.1 Å². The van der Waals surface area contributed by atoms with Crippen LogP contribution in [0.25, 0.3) is 0 Å². The Morgan fingerprint density at radius 1 is 1.14 bits per heavy atom. The summed E-state index contributed by atoms with van der Waals surface area (Å²) in [5.41, 5.74) is -2.56. The van der Waals surface area contributed by atoms with Crippen molar-refractivity contribution in [1.82, 2.24) is 5.16 Å². The molecule has 10 heteroatoms. The molecule has 1 heterocycles. The minimum absolute atomic E-state index is 0.405. The Labute approximate surface area is 120 Å². The van der Waals surface area contributed by atoms with Crippen LogP contribution in [0.3, 0.4) is 0 Å². The van der Waals surface area contributed by atoms with Crippen LogP contribution in [0, 0.1) is 28.1 Å². The van der Waals surface area contributed by atoms with Gasteiger partial charge in [0.25, 0.3) is 0 Å². The van der Waals surface area contributed by atoms with Gasteiger partial charge in [0.2, 0.25) is 5.76 Å². The molecule has 4 nitrogen and oxygen atoms in total. The maximum atomic E-state index is 12.4. The first kappa shape index (κ1) is 17.8. The van der Waals surface area contributed by atoms with Crippen LogP contribution in [0.5, 0.6) is 0 Å². The van der Waals surface area contributed by atoms with Crippen molar-refractivity contribution < 1.29 is 30.9 Å². The van der Waals surface area contributed by atoms with Crippen molar-refractivity contribution in [1.29, 1.82) is 10.5 Å². The third-order valence-corrected chi connectivity index (χ3v) is 3.19. The van der Waals surface area contributed by atoms with Crippen LogP contribution in [-0.4, -0.2) is 11.3 Å². The molecular weight excluding hydrogens is 316 g/mol. The molecule has 0 aromatic carbocycles. The van der Waals surface area contributed by atoms with Gasteiger partial charge in [0, 0.05) is 18.4 Å². The lowest BCUT2D eigenvalue weighted by Gasteiger charge is -2.24. The zero-order valence-corrected chi connectivity index (χ0v) is 11.1. The molecule has 0 saturated carbocycles. The van der Waals surface area contributed by atoms with Gasteiger partial charge in [0.1, 0.15) is 0 Å². The Kier molecular flexibility index (Phi) is 4.76. The molecule has 0 aliphatic heterocycles. The number of nitriles is 2. The number of nitrogens with zero attached hydrogens (tertiary/aromatic N) is 3. The predicted molar refractivity (Wildman–Crippen MR) is 58.9 cm³/mol. The molecule has 1 rings (SSSR count). The average molecular weight is 325 g/mol. The van der Waals surface area contributed by atoms with E-state index in [1.54, 1.807) is 0 Å². The Bertz CT molecular complexity index is 590. The summed E-state index contributed by atoms with van der Waals surface area (Å²) in [4.78, 5) is 0. The molecule has 0 aliphatic carbocycles. The van der Waals surface area contributed by atoms with Crippen molar-refractivity contribution in [3.63, 3.8) is 0 Å². The molecule has 1 aromatic heterocycles. The molecule has 0 aliphatic rings. The smallest absolute Gasteiger partial charge is 0.351 e. The molecular formula is C12H9F6N3O.